The van der Waals surface area contributed by atoms with Gasteiger partial charge in [0.15, 0.2) is 28.2 Å². The highest BCUT2D eigenvalue weighted by Gasteiger charge is 2.37. The summed E-state index contributed by atoms with van der Waals surface area (Å²) >= 11 is 0.376. The number of nitrogens with one attached hydrogen (secondary N) is 2. The Morgan fingerprint density at radius 2 is 1.21 bits per heavy atom. The highest BCUT2D eigenvalue weighted by Crippen LogP contribution is 2.45. The van der Waals surface area contributed by atoms with Crippen LogP contribution in [-0.2, 0) is 24.8 Å². The number of para-hydroxylation sites is 2. The maximum atomic E-state index is 15.7. The summed E-state index contributed by atoms with van der Waals surface area (Å²) in [5.41, 5.74) is 7.14. The summed E-state index contributed by atoms with van der Waals surface area (Å²) in [5.74, 6) is -7.76. The summed E-state index contributed by atoms with van der Waals surface area (Å²) < 4.78 is 132. The number of hydrogen-bond acceptors (Lipinski definition) is 9. The van der Waals surface area contributed by atoms with E-state index in [1.807, 2.05) is 30.3 Å². The van der Waals surface area contributed by atoms with Crippen LogP contribution in [0.3, 0.4) is 0 Å². The number of sulfonamides is 2. The molecular formula is C55H59F4N3O6S3. The van der Waals surface area contributed by atoms with Gasteiger partial charge in [-0.3, -0.25) is 0 Å². The van der Waals surface area contributed by atoms with Crippen molar-refractivity contribution in [1.29, 1.82) is 0 Å². The van der Waals surface area contributed by atoms with Crippen LogP contribution in [0.1, 0.15) is 122 Å². The first-order valence-electron chi connectivity index (χ1n) is 23.4. The van der Waals surface area contributed by atoms with Crippen molar-refractivity contribution in [2.45, 2.75) is 120 Å². The zero-order valence-electron chi connectivity index (χ0n) is 41.6. The van der Waals surface area contributed by atoms with Gasteiger partial charge in [-0.2, -0.15) is 0 Å². The third-order valence-electron chi connectivity index (χ3n) is 11.9. The minimum absolute atomic E-state index is 0.0200. The first kappa shape index (κ1) is 53.3. The third kappa shape index (κ3) is 11.3. The minimum atomic E-state index is -5.87. The first-order chi connectivity index (χ1) is 33.3. The molecule has 0 aromatic heterocycles. The van der Waals surface area contributed by atoms with E-state index in [4.69, 9.17) is 14.1 Å². The van der Waals surface area contributed by atoms with Gasteiger partial charge >= 0.3 is 0 Å². The summed E-state index contributed by atoms with van der Waals surface area (Å²) in [6.07, 6.45) is 0. The lowest BCUT2D eigenvalue weighted by Gasteiger charge is -2.22. The number of halogens is 4. The molecule has 0 atom stereocenters. The van der Waals surface area contributed by atoms with Gasteiger partial charge in [-0.1, -0.05) is 110 Å². The van der Waals surface area contributed by atoms with E-state index in [1.165, 1.54) is 16.3 Å². The molecular weight excluding hydrogens is 971 g/mol. The molecule has 9 nitrogen and oxygen atoms in total. The van der Waals surface area contributed by atoms with Gasteiger partial charge < -0.3 is 14.5 Å². The molecule has 0 saturated carbocycles. The van der Waals surface area contributed by atoms with Crippen LogP contribution in [0.2, 0.25) is 0 Å². The Morgan fingerprint density at radius 1 is 0.648 bits per heavy atom. The average molecular weight is 1030 g/mol. The number of hydrogen-bond donors (Lipinski definition) is 2. The summed E-state index contributed by atoms with van der Waals surface area (Å²) in [6, 6.07) is 28.4. The number of fused-ring (bicyclic) bond motifs is 2. The van der Waals surface area contributed by atoms with Crippen molar-refractivity contribution in [3.8, 4) is 22.5 Å². The fourth-order valence-corrected chi connectivity index (χ4v) is 12.5. The second kappa shape index (κ2) is 20.9. The van der Waals surface area contributed by atoms with Gasteiger partial charge in [0, 0.05) is 51.3 Å². The Hall–Kier alpha value is -5.52. The van der Waals surface area contributed by atoms with Crippen LogP contribution < -0.4 is 14.8 Å². The molecule has 0 spiro atoms. The summed E-state index contributed by atoms with van der Waals surface area (Å²) in [6.45, 7) is 22.0. The number of ether oxygens (including phenoxy) is 1. The molecule has 1 aliphatic carbocycles. The quantitative estimate of drug-likeness (QED) is 0.0322. The number of benzene rings is 6. The normalized spacial score (nSPS) is 13.0. The smallest absolute Gasteiger partial charge is 0.259 e. The molecule has 5 aromatic rings. The lowest BCUT2D eigenvalue weighted by atomic mass is 9.92. The molecule has 71 heavy (non-hydrogen) atoms. The zero-order chi connectivity index (χ0) is 51.9. The molecule has 1 aliphatic heterocycles. The molecule has 0 saturated heterocycles. The van der Waals surface area contributed by atoms with Crippen molar-refractivity contribution >= 4 is 59.8 Å². The molecule has 16 heteroatoms. The Labute approximate surface area is 418 Å². The van der Waals surface area contributed by atoms with Crippen molar-refractivity contribution < 1.29 is 43.6 Å². The van der Waals surface area contributed by atoms with Gasteiger partial charge in [0.25, 0.3) is 20.0 Å². The van der Waals surface area contributed by atoms with Crippen LogP contribution in [0.15, 0.2) is 121 Å². The Kier molecular flexibility index (Phi) is 15.7. The van der Waals surface area contributed by atoms with Crippen LogP contribution in [0, 0.1) is 23.3 Å². The molecule has 7 rings (SSSR count). The number of anilines is 2. The van der Waals surface area contributed by atoms with E-state index < -0.39 is 63.6 Å². The van der Waals surface area contributed by atoms with Crippen LogP contribution in [0.5, 0.6) is 0 Å². The summed E-state index contributed by atoms with van der Waals surface area (Å²) in [5, 5.41) is 4.59. The molecule has 0 bridgehead atoms. The highest BCUT2D eigenvalue weighted by atomic mass is 32.3. The van der Waals surface area contributed by atoms with E-state index in [0.717, 1.165) is 39.7 Å². The SMILES string of the molecule is CC(C)c1cccc(C(C)C)c1/N=c1\ccc2c(-c3ccccc3S(=O)(=O)NS(=O)(=O)c3c(F)c(F)c(SCCOC(C)(C)C)c(F)c3F)c3ccc(Nc4c(C(C)C)cccc4C(C)C)cc3oc-2c1. The van der Waals surface area contributed by atoms with E-state index >= 15 is 17.6 Å². The molecule has 0 unspecified atom stereocenters. The lowest BCUT2D eigenvalue weighted by molar-refractivity contribution is 0.00693. The number of thioether (sulfide) groups is 1. The molecule has 0 amide bonds. The van der Waals surface area contributed by atoms with Gasteiger partial charge in [-0.15, -0.1) is 15.9 Å². The van der Waals surface area contributed by atoms with Crippen molar-refractivity contribution in [3.63, 3.8) is 0 Å². The molecule has 0 fully saturated rings. The minimum Gasteiger partial charge on any atom is -0.456 e. The summed E-state index contributed by atoms with van der Waals surface area (Å²) in [7, 11) is -11.2. The van der Waals surface area contributed by atoms with E-state index in [2.05, 4.69) is 72.8 Å². The van der Waals surface area contributed by atoms with Gasteiger partial charge in [0.05, 0.1) is 33.0 Å². The Balaban J connectivity index is 1.41. The predicted octanol–water partition coefficient (Wildman–Crippen LogP) is 14.8. The fraction of sp³-hybridized carbons (Fsp3) is 0.327. The van der Waals surface area contributed by atoms with Gasteiger partial charge in [0.1, 0.15) is 11.3 Å². The molecule has 2 aliphatic rings. The van der Waals surface area contributed by atoms with Crippen molar-refractivity contribution in [2.75, 3.05) is 17.7 Å². The standard InChI is InChI=1S/C55H59F4N3O6S3/c1-30(2)36-17-14-18-37(31(3)4)51(36)60-34-22-24-40-43(28-34)68-44-29-35(61-52-38(32(5)6)19-15-20-39(52)33(7)8)23-25-41(44)46(40)42-16-12-13-21-45(42)70(63,64)62-71(65,66)54-49(58)47(56)53(48(57)50(54)59)69-27-26-67-55(9,10)11/h12-25,28-33,60,62H,26-27H2,1-11H3/b61-35+. The molecule has 1 heterocycles. The second-order valence-corrected chi connectivity index (χ2v) is 24.3. The number of rotatable bonds is 16. The van der Waals surface area contributed by atoms with Crippen LogP contribution >= 0.6 is 11.8 Å². The van der Waals surface area contributed by atoms with Crippen LogP contribution in [0.25, 0.3) is 33.4 Å². The number of nitrogens with zero attached hydrogens (tertiary/aromatic N) is 1. The average Bonchev–Trinajstić information content (AvgIpc) is 3.28. The molecule has 5 aromatic carbocycles. The molecule has 2 N–H and O–H groups in total. The Bertz CT molecular complexity index is 3340. The first-order valence-corrected chi connectivity index (χ1v) is 27.3. The van der Waals surface area contributed by atoms with E-state index in [-0.39, 0.29) is 41.6 Å². The second-order valence-electron chi connectivity index (χ2n) is 19.6. The summed E-state index contributed by atoms with van der Waals surface area (Å²) in [4.78, 5) is 1.28. The topological polar surface area (TPSA) is 127 Å². The fourth-order valence-electron chi connectivity index (χ4n) is 8.51. The van der Waals surface area contributed by atoms with Crippen molar-refractivity contribution in [2.24, 2.45) is 4.99 Å². The monoisotopic (exact) mass is 1030 g/mol. The largest absolute Gasteiger partial charge is 0.456 e. The molecule has 376 valence electrons. The van der Waals surface area contributed by atoms with Crippen molar-refractivity contribution in [1.82, 2.24) is 4.13 Å². The third-order valence-corrected chi connectivity index (χ3v) is 16.5. The van der Waals surface area contributed by atoms with E-state index in [1.54, 1.807) is 57.2 Å². The van der Waals surface area contributed by atoms with Gasteiger partial charge in [0.2, 0.25) is 0 Å². The Morgan fingerprint density at radius 3 is 1.77 bits per heavy atom. The maximum Gasteiger partial charge on any atom is 0.259 e. The van der Waals surface area contributed by atoms with Gasteiger partial charge in [-0.05, 0) is 97.0 Å². The van der Waals surface area contributed by atoms with Crippen LogP contribution in [0.4, 0.5) is 34.6 Å². The predicted molar refractivity (Wildman–Crippen MR) is 276 cm³/mol. The zero-order valence-corrected chi connectivity index (χ0v) is 44.0. The highest BCUT2D eigenvalue weighted by molar-refractivity contribution is 8.04. The van der Waals surface area contributed by atoms with E-state index in [0.29, 0.717) is 50.7 Å². The van der Waals surface area contributed by atoms with Crippen molar-refractivity contribution in [3.05, 3.63) is 148 Å². The lowest BCUT2D eigenvalue weighted by Crippen LogP contribution is -2.33. The maximum absolute atomic E-state index is 15.7. The molecule has 0 radical (unpaired) electrons. The van der Waals surface area contributed by atoms with Gasteiger partial charge in [-0.25, -0.2) is 39.4 Å². The van der Waals surface area contributed by atoms with E-state index in [9.17, 15) is 16.8 Å². The van der Waals surface area contributed by atoms with Crippen LogP contribution in [-0.4, -0.2) is 34.8 Å².